The highest BCUT2D eigenvalue weighted by Crippen LogP contribution is 2.45. The minimum atomic E-state index is -4.01. The van der Waals surface area contributed by atoms with E-state index < -0.39 is 16.1 Å². The predicted molar refractivity (Wildman–Crippen MR) is 166 cm³/mol. The molecule has 0 radical (unpaired) electrons. The number of carbonyl (C=O) groups excluding carboxylic acids is 1. The number of aromatic nitrogens is 2. The molecule has 218 valence electrons. The molecular formula is C33H29ClN4O4S. The number of para-hydroxylation sites is 3. The summed E-state index contributed by atoms with van der Waals surface area (Å²) < 4.78 is 35.9. The molecule has 0 aliphatic carbocycles. The van der Waals surface area contributed by atoms with Gasteiger partial charge in [-0.25, -0.2) is 13.4 Å². The number of aromatic amines is 1. The van der Waals surface area contributed by atoms with Crippen molar-refractivity contribution in [2.45, 2.75) is 29.7 Å². The Bertz CT molecular complexity index is 1870. The minimum absolute atomic E-state index is 0.0408. The van der Waals surface area contributed by atoms with Crippen LogP contribution in [0.4, 0.5) is 5.69 Å². The Labute approximate surface area is 254 Å². The van der Waals surface area contributed by atoms with Gasteiger partial charge in [-0.05, 0) is 66.9 Å². The van der Waals surface area contributed by atoms with E-state index in [1.54, 1.807) is 72.8 Å². The van der Waals surface area contributed by atoms with Crippen molar-refractivity contribution < 1.29 is 17.9 Å². The Hall–Kier alpha value is -4.34. The Morgan fingerprint density at radius 2 is 1.60 bits per heavy atom. The third-order valence-electron chi connectivity index (χ3n) is 8.26. The van der Waals surface area contributed by atoms with Crippen molar-refractivity contribution in [3.63, 3.8) is 0 Å². The quantitative estimate of drug-likeness (QED) is 0.242. The summed E-state index contributed by atoms with van der Waals surface area (Å²) in [6.07, 6.45) is 1.54. The van der Waals surface area contributed by atoms with Crippen LogP contribution >= 0.6 is 11.6 Å². The Kier molecular flexibility index (Phi) is 7.07. The summed E-state index contributed by atoms with van der Waals surface area (Å²) in [5, 5.41) is 0.551. The third kappa shape index (κ3) is 5.02. The Morgan fingerprint density at radius 1 is 0.884 bits per heavy atom. The number of likely N-dealkylation sites (tertiary alicyclic amines) is 1. The molecular weight excluding hydrogens is 584 g/mol. The lowest BCUT2D eigenvalue weighted by Crippen LogP contribution is -2.42. The van der Waals surface area contributed by atoms with E-state index >= 15 is 0 Å². The van der Waals surface area contributed by atoms with E-state index in [0.717, 1.165) is 35.3 Å². The molecule has 0 bridgehead atoms. The van der Waals surface area contributed by atoms with Crippen molar-refractivity contribution in [1.29, 1.82) is 0 Å². The molecule has 3 heterocycles. The molecule has 10 heteroatoms. The molecule has 0 spiro atoms. The average molecular weight is 613 g/mol. The zero-order valence-corrected chi connectivity index (χ0v) is 24.8. The number of H-pyrrole nitrogens is 1. The summed E-state index contributed by atoms with van der Waals surface area (Å²) >= 11 is 6.14. The first-order valence-corrected chi connectivity index (χ1v) is 16.1. The molecule has 1 atom stereocenters. The lowest BCUT2D eigenvalue weighted by molar-refractivity contribution is 0.0706. The molecule has 1 N–H and O–H groups in total. The number of nitrogens with one attached hydrogen (secondary N) is 1. The van der Waals surface area contributed by atoms with Crippen LogP contribution in [0, 0.1) is 0 Å². The normalized spacial score (nSPS) is 17.5. The van der Waals surface area contributed by atoms with E-state index in [-0.39, 0.29) is 29.1 Å². The molecule has 1 unspecified atom stereocenters. The van der Waals surface area contributed by atoms with Gasteiger partial charge in [-0.15, -0.1) is 0 Å². The first kappa shape index (κ1) is 27.5. The lowest BCUT2D eigenvalue weighted by Gasteiger charge is -2.39. The maximum atomic E-state index is 14.2. The standard InChI is InChI=1S/C33H29ClN4O4S/c34-24-15-13-22(14-16-24)30-21-42-31-26(9-6-12-29(31)38(30)43(40,41)25-7-2-1-3-8-25)33(39)37-19-17-23(18-20-37)32-35-27-10-4-5-11-28(27)36-32/h1-16,23,30H,17-21H2,(H,35,36). The van der Waals surface area contributed by atoms with Crippen LogP contribution < -0.4 is 9.04 Å². The fourth-order valence-corrected chi connectivity index (χ4v) is 7.80. The van der Waals surface area contributed by atoms with Gasteiger partial charge >= 0.3 is 0 Å². The highest BCUT2D eigenvalue weighted by Gasteiger charge is 2.40. The fourth-order valence-electron chi connectivity index (χ4n) is 6.03. The zero-order valence-electron chi connectivity index (χ0n) is 23.2. The monoisotopic (exact) mass is 612 g/mol. The second-order valence-electron chi connectivity index (χ2n) is 10.9. The minimum Gasteiger partial charge on any atom is -0.488 e. The molecule has 1 amide bonds. The van der Waals surface area contributed by atoms with E-state index in [1.807, 2.05) is 29.2 Å². The van der Waals surface area contributed by atoms with Gasteiger partial charge in [0.2, 0.25) is 0 Å². The molecule has 7 rings (SSSR count). The summed E-state index contributed by atoms with van der Waals surface area (Å²) in [6.45, 7) is 1.16. The van der Waals surface area contributed by atoms with E-state index in [1.165, 1.54) is 4.31 Å². The van der Waals surface area contributed by atoms with Gasteiger partial charge in [0.25, 0.3) is 15.9 Å². The molecule has 2 aliphatic heterocycles. The van der Waals surface area contributed by atoms with Gasteiger partial charge in [0, 0.05) is 24.0 Å². The van der Waals surface area contributed by atoms with Crippen molar-refractivity contribution in [3.05, 3.63) is 119 Å². The van der Waals surface area contributed by atoms with Crippen LogP contribution in [0.1, 0.15) is 46.5 Å². The first-order chi connectivity index (χ1) is 20.9. The van der Waals surface area contributed by atoms with Crippen LogP contribution in [0.3, 0.4) is 0 Å². The van der Waals surface area contributed by atoms with E-state index in [2.05, 4.69) is 4.98 Å². The second kappa shape index (κ2) is 11.1. The SMILES string of the molecule is O=C(c1cccc2c1OCC(c1ccc(Cl)cc1)N2S(=O)(=O)c1ccccc1)N1CCC(c2nc3ccccc3[nH]2)CC1. The highest BCUT2D eigenvalue weighted by atomic mass is 35.5. The number of benzene rings is 4. The molecule has 1 saturated heterocycles. The molecule has 0 saturated carbocycles. The number of piperidine rings is 1. The predicted octanol–water partition coefficient (Wildman–Crippen LogP) is 6.57. The fraction of sp³-hybridized carbons (Fsp3) is 0.212. The van der Waals surface area contributed by atoms with Crippen LogP contribution in [0.2, 0.25) is 5.02 Å². The number of hydrogen-bond donors (Lipinski definition) is 1. The molecule has 4 aromatic carbocycles. The number of hydrogen-bond acceptors (Lipinski definition) is 5. The molecule has 8 nitrogen and oxygen atoms in total. The Morgan fingerprint density at radius 3 is 2.35 bits per heavy atom. The van der Waals surface area contributed by atoms with Crippen LogP contribution in [0.15, 0.2) is 102 Å². The van der Waals surface area contributed by atoms with Crippen molar-refractivity contribution in [2.24, 2.45) is 0 Å². The second-order valence-corrected chi connectivity index (χ2v) is 13.1. The lowest BCUT2D eigenvalue weighted by atomic mass is 9.95. The van der Waals surface area contributed by atoms with Crippen LogP contribution in [0.25, 0.3) is 11.0 Å². The van der Waals surface area contributed by atoms with Gasteiger partial charge < -0.3 is 14.6 Å². The maximum Gasteiger partial charge on any atom is 0.265 e. The third-order valence-corrected chi connectivity index (χ3v) is 10.4. The Balaban J connectivity index is 1.20. The largest absolute Gasteiger partial charge is 0.488 e. The highest BCUT2D eigenvalue weighted by molar-refractivity contribution is 7.92. The number of ether oxygens (including phenoxy) is 1. The molecule has 5 aromatic rings. The van der Waals surface area contributed by atoms with Gasteiger partial charge in [-0.1, -0.05) is 60.1 Å². The number of imidazole rings is 1. The number of nitrogens with zero attached hydrogens (tertiary/aromatic N) is 3. The smallest absolute Gasteiger partial charge is 0.265 e. The van der Waals surface area contributed by atoms with Gasteiger partial charge in [0.15, 0.2) is 5.75 Å². The number of carbonyl (C=O) groups is 1. The summed E-state index contributed by atoms with van der Waals surface area (Å²) in [5.41, 5.74) is 3.37. The number of anilines is 1. The number of sulfonamides is 1. The van der Waals surface area contributed by atoms with Gasteiger partial charge in [0.05, 0.1) is 27.2 Å². The van der Waals surface area contributed by atoms with Crippen LogP contribution in [0.5, 0.6) is 5.75 Å². The number of fused-ring (bicyclic) bond motifs is 2. The first-order valence-electron chi connectivity index (χ1n) is 14.2. The van der Waals surface area contributed by atoms with Crippen LogP contribution in [-0.2, 0) is 10.0 Å². The number of amides is 1. The van der Waals surface area contributed by atoms with Crippen molar-refractivity contribution in [1.82, 2.24) is 14.9 Å². The summed E-state index contributed by atoms with van der Waals surface area (Å²) in [7, 11) is -4.01. The summed E-state index contributed by atoms with van der Waals surface area (Å²) in [6, 6.07) is 27.8. The van der Waals surface area contributed by atoms with Crippen molar-refractivity contribution in [2.75, 3.05) is 24.0 Å². The zero-order chi connectivity index (χ0) is 29.6. The van der Waals surface area contributed by atoms with Crippen molar-refractivity contribution >= 4 is 44.3 Å². The topological polar surface area (TPSA) is 95.6 Å². The van der Waals surface area contributed by atoms with Crippen molar-refractivity contribution in [3.8, 4) is 5.75 Å². The molecule has 2 aliphatic rings. The summed E-state index contributed by atoms with van der Waals surface area (Å²) in [4.78, 5) is 24.1. The maximum absolute atomic E-state index is 14.2. The van der Waals surface area contributed by atoms with E-state index in [9.17, 15) is 13.2 Å². The molecule has 43 heavy (non-hydrogen) atoms. The van der Waals surface area contributed by atoms with Gasteiger partial charge in [-0.3, -0.25) is 9.10 Å². The van der Waals surface area contributed by atoms with E-state index in [4.69, 9.17) is 21.3 Å². The summed E-state index contributed by atoms with van der Waals surface area (Å²) in [5.74, 6) is 1.27. The van der Waals surface area contributed by atoms with Gasteiger partial charge in [-0.2, -0.15) is 0 Å². The molecule has 1 fully saturated rings. The average Bonchev–Trinajstić information content (AvgIpc) is 3.49. The number of rotatable bonds is 5. The van der Waals surface area contributed by atoms with E-state index in [0.29, 0.717) is 29.4 Å². The molecule has 1 aromatic heterocycles. The number of halogens is 1. The van der Waals surface area contributed by atoms with Gasteiger partial charge in [0.1, 0.15) is 18.5 Å². The van der Waals surface area contributed by atoms with Crippen LogP contribution in [-0.4, -0.2) is 48.9 Å².